The van der Waals surface area contributed by atoms with Crippen molar-refractivity contribution in [1.29, 1.82) is 0 Å². The van der Waals surface area contributed by atoms with Gasteiger partial charge in [0, 0.05) is 11.3 Å². The van der Waals surface area contributed by atoms with Gasteiger partial charge in [-0.25, -0.2) is 31.0 Å². The largest absolute Gasteiger partial charge is 0.294 e. The van der Waals surface area contributed by atoms with Crippen LogP contribution in [0.4, 0.5) is 26.3 Å². The third kappa shape index (κ3) is 2.82. The Kier molecular flexibility index (Phi) is 4.42. The highest BCUT2D eigenvalue weighted by molar-refractivity contribution is 6.09. The van der Waals surface area contributed by atoms with Gasteiger partial charge in [-0.05, 0) is 31.2 Å². The maximum Gasteiger partial charge on any atom is 0.282 e. The number of hydrogen-bond acceptors (Lipinski definition) is 2. The first-order chi connectivity index (χ1) is 12.6. The van der Waals surface area contributed by atoms with Gasteiger partial charge in [-0.2, -0.15) is 0 Å². The minimum Gasteiger partial charge on any atom is -0.294 e. The van der Waals surface area contributed by atoms with Gasteiger partial charge in [-0.3, -0.25) is 14.7 Å². The summed E-state index contributed by atoms with van der Waals surface area (Å²) < 4.78 is 80.9. The van der Waals surface area contributed by atoms with E-state index in [1.165, 1.54) is 6.92 Å². The van der Waals surface area contributed by atoms with Crippen molar-refractivity contribution in [3.05, 3.63) is 86.3 Å². The minimum atomic E-state index is -2.38. The fourth-order valence-corrected chi connectivity index (χ4v) is 2.51. The predicted molar refractivity (Wildman–Crippen MR) is 80.7 cm³/mol. The van der Waals surface area contributed by atoms with Crippen LogP contribution in [0.3, 0.4) is 0 Å². The summed E-state index contributed by atoms with van der Waals surface area (Å²) in [5, 5.41) is 2.12. The first-order valence-corrected chi connectivity index (χ1v) is 7.28. The number of aromatic nitrogens is 2. The monoisotopic (exact) mass is 386 g/mol. The lowest BCUT2D eigenvalue weighted by Gasteiger charge is -2.08. The first kappa shape index (κ1) is 18.5. The van der Waals surface area contributed by atoms with Gasteiger partial charge in [0.1, 0.15) is 17.1 Å². The molecule has 0 unspecified atom stereocenters. The van der Waals surface area contributed by atoms with Crippen LogP contribution in [0.25, 0.3) is 5.69 Å². The van der Waals surface area contributed by atoms with Crippen LogP contribution >= 0.6 is 0 Å². The van der Waals surface area contributed by atoms with Crippen molar-refractivity contribution < 1.29 is 31.1 Å². The molecular formula is C17H8F6N2O2. The molecule has 0 amide bonds. The van der Waals surface area contributed by atoms with E-state index in [2.05, 4.69) is 5.10 Å². The average molecular weight is 386 g/mol. The van der Waals surface area contributed by atoms with Gasteiger partial charge in [0.2, 0.25) is 5.82 Å². The summed E-state index contributed by atoms with van der Waals surface area (Å²) in [6.07, 6.45) is 0. The van der Waals surface area contributed by atoms with E-state index in [0.29, 0.717) is 0 Å². The molecule has 0 aliphatic carbocycles. The van der Waals surface area contributed by atoms with Gasteiger partial charge in [0.05, 0.1) is 0 Å². The lowest BCUT2D eigenvalue weighted by atomic mass is 10.0. The molecule has 0 fully saturated rings. The zero-order chi connectivity index (χ0) is 20.0. The maximum atomic E-state index is 14.0. The predicted octanol–water partition coefficient (Wildman–Crippen LogP) is 3.54. The van der Waals surface area contributed by atoms with Crippen molar-refractivity contribution in [3.8, 4) is 5.69 Å². The number of carbonyl (C=O) groups is 1. The second kappa shape index (κ2) is 6.45. The van der Waals surface area contributed by atoms with Crippen molar-refractivity contribution in [3.63, 3.8) is 0 Å². The lowest BCUT2D eigenvalue weighted by molar-refractivity contribution is 0.103. The number of halogens is 6. The van der Waals surface area contributed by atoms with E-state index < -0.39 is 57.5 Å². The third-order valence-electron chi connectivity index (χ3n) is 3.82. The Morgan fingerprint density at radius 2 is 1.33 bits per heavy atom. The second-order valence-electron chi connectivity index (χ2n) is 5.51. The normalized spacial score (nSPS) is 11.1. The fraction of sp³-hybridized carbons (Fsp3) is 0.0588. The van der Waals surface area contributed by atoms with Gasteiger partial charge in [0.15, 0.2) is 29.1 Å². The molecule has 3 aromatic rings. The van der Waals surface area contributed by atoms with Crippen LogP contribution in [0.15, 0.2) is 29.1 Å². The van der Waals surface area contributed by atoms with Crippen LogP contribution in [-0.4, -0.2) is 15.6 Å². The number of benzene rings is 2. The lowest BCUT2D eigenvalue weighted by Crippen LogP contribution is -2.24. The number of rotatable bonds is 3. The third-order valence-corrected chi connectivity index (χ3v) is 3.82. The van der Waals surface area contributed by atoms with Gasteiger partial charge in [-0.1, -0.05) is 0 Å². The van der Waals surface area contributed by atoms with Crippen molar-refractivity contribution in [2.45, 2.75) is 6.92 Å². The summed E-state index contributed by atoms with van der Waals surface area (Å²) in [5.74, 6) is -12.9. The number of nitrogens with one attached hydrogen (secondary N) is 1. The maximum absolute atomic E-state index is 14.0. The highest BCUT2D eigenvalue weighted by Gasteiger charge is 2.30. The molecule has 0 saturated carbocycles. The Labute approximate surface area is 146 Å². The molecule has 3 rings (SSSR count). The topological polar surface area (TPSA) is 54.9 Å². The Morgan fingerprint density at radius 1 is 0.852 bits per heavy atom. The molecule has 0 saturated heterocycles. The molecule has 140 valence electrons. The summed E-state index contributed by atoms with van der Waals surface area (Å²) in [6.45, 7) is 1.20. The Bertz CT molecular complexity index is 1100. The first-order valence-electron chi connectivity index (χ1n) is 7.28. The van der Waals surface area contributed by atoms with E-state index in [9.17, 15) is 35.9 Å². The SMILES string of the molecule is Cc1[nH]n(-c2c(F)c(F)c(F)c(F)c2F)c(=O)c1C(=O)c1ccc(F)cc1. The average Bonchev–Trinajstić information content (AvgIpc) is 2.93. The molecule has 10 heteroatoms. The molecule has 2 aromatic carbocycles. The Morgan fingerprint density at radius 3 is 1.85 bits per heavy atom. The molecule has 0 radical (unpaired) electrons. The zero-order valence-electron chi connectivity index (χ0n) is 13.3. The van der Waals surface area contributed by atoms with Gasteiger partial charge < -0.3 is 0 Å². The summed E-state index contributed by atoms with van der Waals surface area (Å²) in [5.41, 5.74) is -3.76. The highest BCUT2D eigenvalue weighted by atomic mass is 19.2. The van der Waals surface area contributed by atoms with Crippen LogP contribution < -0.4 is 5.56 Å². The molecule has 1 aromatic heterocycles. The van der Waals surface area contributed by atoms with Crippen LogP contribution in [0.1, 0.15) is 21.6 Å². The molecule has 1 heterocycles. The number of nitrogens with zero attached hydrogens (tertiary/aromatic N) is 1. The van der Waals surface area contributed by atoms with E-state index >= 15 is 0 Å². The number of carbonyl (C=O) groups excluding carboxylic acids is 1. The molecule has 0 aliphatic rings. The molecule has 4 nitrogen and oxygen atoms in total. The van der Waals surface area contributed by atoms with E-state index in [1.807, 2.05) is 0 Å². The van der Waals surface area contributed by atoms with Gasteiger partial charge >= 0.3 is 0 Å². The Balaban J connectivity index is 2.23. The summed E-state index contributed by atoms with van der Waals surface area (Å²) in [4.78, 5) is 24.9. The molecule has 1 N–H and O–H groups in total. The van der Waals surface area contributed by atoms with E-state index in [-0.39, 0.29) is 15.9 Å². The van der Waals surface area contributed by atoms with E-state index in [0.717, 1.165) is 24.3 Å². The minimum absolute atomic E-state index is 0.0579. The van der Waals surface area contributed by atoms with Crippen LogP contribution in [0.2, 0.25) is 0 Å². The van der Waals surface area contributed by atoms with Crippen molar-refractivity contribution in [2.75, 3.05) is 0 Å². The van der Waals surface area contributed by atoms with Gasteiger partial charge in [-0.15, -0.1) is 0 Å². The molecule has 0 bridgehead atoms. The number of aromatic amines is 1. The zero-order valence-corrected chi connectivity index (χ0v) is 13.3. The molecule has 27 heavy (non-hydrogen) atoms. The summed E-state index contributed by atoms with van der Waals surface area (Å²) in [6, 6.07) is 4.06. The van der Waals surface area contributed by atoms with E-state index in [1.54, 1.807) is 0 Å². The van der Waals surface area contributed by atoms with Crippen LogP contribution in [0.5, 0.6) is 0 Å². The summed E-state index contributed by atoms with van der Waals surface area (Å²) >= 11 is 0. The van der Waals surface area contributed by atoms with E-state index in [4.69, 9.17) is 0 Å². The van der Waals surface area contributed by atoms with Crippen molar-refractivity contribution in [2.24, 2.45) is 0 Å². The molecule has 0 spiro atoms. The number of aryl methyl sites for hydroxylation is 1. The van der Waals surface area contributed by atoms with Crippen LogP contribution in [-0.2, 0) is 0 Å². The molecule has 0 aliphatic heterocycles. The fourth-order valence-electron chi connectivity index (χ4n) is 2.51. The van der Waals surface area contributed by atoms with Gasteiger partial charge in [0.25, 0.3) is 5.56 Å². The standard InChI is InChI=1S/C17H8F6N2O2/c1-6-9(16(26)7-2-4-8(18)5-3-7)17(27)25(24-6)15-13(22)11(20)10(19)12(21)14(15)23/h2-5,24H,1H3. The second-order valence-corrected chi connectivity index (χ2v) is 5.51. The smallest absolute Gasteiger partial charge is 0.282 e. The quantitative estimate of drug-likeness (QED) is 0.324. The summed E-state index contributed by atoms with van der Waals surface area (Å²) in [7, 11) is 0. The number of H-pyrrole nitrogens is 1. The van der Waals surface area contributed by atoms with Crippen molar-refractivity contribution in [1.82, 2.24) is 9.78 Å². The molecule has 0 atom stereocenters. The van der Waals surface area contributed by atoms with Crippen molar-refractivity contribution >= 4 is 5.78 Å². The Hall–Kier alpha value is -3.30. The number of hydrogen-bond donors (Lipinski definition) is 1. The number of ketones is 1. The highest BCUT2D eigenvalue weighted by Crippen LogP contribution is 2.25. The van der Waals surface area contributed by atoms with Crippen LogP contribution in [0, 0.1) is 41.8 Å². The molecular weight excluding hydrogens is 378 g/mol.